The molecule has 6 aromatic carbocycles. The minimum Gasteiger partial charge on any atom is -0.455 e. The number of hydrogen-bond acceptors (Lipinski definition) is 6. The number of furan rings is 1. The third kappa shape index (κ3) is 4.55. The van der Waals surface area contributed by atoms with E-state index in [9.17, 15) is 0 Å². The zero-order valence-corrected chi connectivity index (χ0v) is 25.3. The molecule has 5 nitrogen and oxygen atoms in total. The summed E-state index contributed by atoms with van der Waals surface area (Å²) in [6.45, 7) is 0. The third-order valence-corrected chi connectivity index (χ3v) is 9.25. The number of nitrogens with zero attached hydrogens (tertiary/aromatic N) is 4. The number of aromatic nitrogens is 4. The molecule has 6 heteroatoms. The minimum atomic E-state index is 0.568. The molecule has 3 aromatic heterocycles. The number of fused-ring (bicyclic) bond motifs is 4. The lowest BCUT2D eigenvalue weighted by Gasteiger charge is -2.08. The number of hydrogen-bond donors (Lipinski definition) is 0. The van der Waals surface area contributed by atoms with Crippen LogP contribution < -0.4 is 0 Å². The lowest BCUT2D eigenvalue weighted by Crippen LogP contribution is -2.00. The van der Waals surface area contributed by atoms with E-state index in [1.165, 1.54) is 0 Å². The van der Waals surface area contributed by atoms with Crippen LogP contribution in [0.25, 0.3) is 88.0 Å². The molecule has 46 heavy (non-hydrogen) atoms. The maximum Gasteiger partial charge on any atom is 0.167 e. The van der Waals surface area contributed by atoms with Crippen LogP contribution in [-0.2, 0) is 0 Å². The molecule has 0 aliphatic heterocycles. The van der Waals surface area contributed by atoms with Crippen molar-refractivity contribution in [2.45, 2.75) is 0 Å². The Hall–Kier alpha value is -5.98. The third-order valence-electron chi connectivity index (χ3n) is 8.18. The highest BCUT2D eigenvalue weighted by Crippen LogP contribution is 2.41. The second kappa shape index (κ2) is 10.9. The monoisotopic (exact) mass is 608 g/mol. The van der Waals surface area contributed by atoms with Gasteiger partial charge < -0.3 is 4.42 Å². The van der Waals surface area contributed by atoms with Gasteiger partial charge in [-0.15, -0.1) is 11.3 Å². The smallest absolute Gasteiger partial charge is 0.167 e. The van der Waals surface area contributed by atoms with Crippen LogP contribution in [0.4, 0.5) is 0 Å². The summed E-state index contributed by atoms with van der Waals surface area (Å²) in [5.74, 6) is 1.80. The van der Waals surface area contributed by atoms with Gasteiger partial charge in [0.1, 0.15) is 16.2 Å². The SMILES string of the molecule is c1ccc(-c2nc(-c3ccccc3)nc(-c3cccc4c3oc3cccc(-c5ccc6nc(-c7ccccc7)sc6c5)c34)n2)cc1. The van der Waals surface area contributed by atoms with Gasteiger partial charge in [-0.2, -0.15) is 0 Å². The molecule has 9 rings (SSSR count). The molecular weight excluding hydrogens is 585 g/mol. The molecule has 0 amide bonds. The summed E-state index contributed by atoms with van der Waals surface area (Å²) in [6, 6.07) is 49.3. The van der Waals surface area contributed by atoms with Crippen molar-refractivity contribution in [3.63, 3.8) is 0 Å². The standard InChI is InChI=1S/C40H24N4OS/c1-4-12-25(13-5-1)37-42-38(26-14-6-2-7-15-26)44-39(43-37)31-20-10-19-30-35-29(18-11-21-33(35)45-36(30)31)28-22-23-32-34(24-28)46-40(41-32)27-16-8-3-9-17-27/h1-24H. The lowest BCUT2D eigenvalue weighted by molar-refractivity contribution is 0.669. The number of para-hydroxylation sites is 1. The molecule has 9 aromatic rings. The summed E-state index contributed by atoms with van der Waals surface area (Å²) in [7, 11) is 0. The van der Waals surface area contributed by atoms with Crippen molar-refractivity contribution in [2.24, 2.45) is 0 Å². The van der Waals surface area contributed by atoms with Crippen molar-refractivity contribution in [2.75, 3.05) is 0 Å². The van der Waals surface area contributed by atoms with E-state index in [1.807, 2.05) is 91.0 Å². The average molecular weight is 609 g/mol. The van der Waals surface area contributed by atoms with Gasteiger partial charge in [-0.3, -0.25) is 0 Å². The van der Waals surface area contributed by atoms with Crippen LogP contribution >= 0.6 is 11.3 Å². The Bertz CT molecular complexity index is 2470. The largest absolute Gasteiger partial charge is 0.455 e. The molecule has 0 saturated carbocycles. The van der Waals surface area contributed by atoms with Crippen LogP contribution in [-0.4, -0.2) is 19.9 Å². The van der Waals surface area contributed by atoms with Gasteiger partial charge in [0.15, 0.2) is 17.5 Å². The van der Waals surface area contributed by atoms with Gasteiger partial charge in [0, 0.05) is 27.5 Å². The van der Waals surface area contributed by atoms with Crippen LogP contribution in [0.1, 0.15) is 0 Å². The molecule has 0 saturated heterocycles. The number of thiazole rings is 1. The first-order valence-corrected chi connectivity index (χ1v) is 15.9. The molecule has 0 fully saturated rings. The number of rotatable bonds is 5. The molecule has 0 bridgehead atoms. The maximum absolute atomic E-state index is 6.63. The fourth-order valence-corrected chi connectivity index (χ4v) is 7.00. The van der Waals surface area contributed by atoms with Crippen molar-refractivity contribution in [1.29, 1.82) is 0 Å². The summed E-state index contributed by atoms with van der Waals surface area (Å²) in [4.78, 5) is 19.7. The fraction of sp³-hybridized carbons (Fsp3) is 0. The van der Waals surface area contributed by atoms with Gasteiger partial charge in [-0.1, -0.05) is 121 Å². The Kier molecular flexibility index (Phi) is 6.25. The second-order valence-corrected chi connectivity index (χ2v) is 12.1. The Balaban J connectivity index is 1.22. The first kappa shape index (κ1) is 26.4. The van der Waals surface area contributed by atoms with Crippen LogP contribution in [0, 0.1) is 0 Å². The van der Waals surface area contributed by atoms with E-state index >= 15 is 0 Å². The maximum atomic E-state index is 6.63. The van der Waals surface area contributed by atoms with E-state index < -0.39 is 0 Å². The summed E-state index contributed by atoms with van der Waals surface area (Å²) in [5.41, 5.74) is 8.59. The van der Waals surface area contributed by atoms with E-state index in [0.29, 0.717) is 17.5 Å². The quantitative estimate of drug-likeness (QED) is 0.194. The molecule has 0 aliphatic rings. The second-order valence-electron chi connectivity index (χ2n) is 11.1. The molecule has 216 valence electrons. The highest BCUT2D eigenvalue weighted by Gasteiger charge is 2.20. The Labute approximate surface area is 268 Å². The highest BCUT2D eigenvalue weighted by atomic mass is 32.1. The van der Waals surface area contributed by atoms with E-state index in [1.54, 1.807) is 11.3 Å². The first-order valence-electron chi connectivity index (χ1n) is 15.1. The van der Waals surface area contributed by atoms with E-state index in [4.69, 9.17) is 24.4 Å². The molecule has 0 spiro atoms. The Morgan fingerprint density at radius 1 is 0.457 bits per heavy atom. The van der Waals surface area contributed by atoms with Gasteiger partial charge in [0.2, 0.25) is 0 Å². The summed E-state index contributed by atoms with van der Waals surface area (Å²) in [6.07, 6.45) is 0. The van der Waals surface area contributed by atoms with Gasteiger partial charge in [-0.05, 0) is 35.4 Å². The first-order chi connectivity index (χ1) is 22.8. The Morgan fingerprint density at radius 3 is 1.76 bits per heavy atom. The topological polar surface area (TPSA) is 64.7 Å². The van der Waals surface area contributed by atoms with Gasteiger partial charge in [-0.25, -0.2) is 19.9 Å². The van der Waals surface area contributed by atoms with Crippen LogP contribution in [0.15, 0.2) is 150 Å². The van der Waals surface area contributed by atoms with Crippen LogP contribution in [0.5, 0.6) is 0 Å². The molecule has 0 N–H and O–H groups in total. The fourth-order valence-electron chi connectivity index (χ4n) is 5.99. The molecular formula is C40H24N4OS. The molecule has 0 unspecified atom stereocenters. The zero-order valence-electron chi connectivity index (χ0n) is 24.5. The predicted octanol–water partition coefficient (Wildman–Crippen LogP) is 10.7. The zero-order chi connectivity index (χ0) is 30.5. The van der Waals surface area contributed by atoms with Gasteiger partial charge >= 0.3 is 0 Å². The van der Waals surface area contributed by atoms with Crippen LogP contribution in [0.2, 0.25) is 0 Å². The van der Waals surface area contributed by atoms with Crippen molar-refractivity contribution < 1.29 is 4.42 Å². The normalized spacial score (nSPS) is 11.5. The van der Waals surface area contributed by atoms with Crippen molar-refractivity contribution >= 4 is 43.5 Å². The average Bonchev–Trinajstić information content (AvgIpc) is 3.74. The van der Waals surface area contributed by atoms with Crippen molar-refractivity contribution in [3.05, 3.63) is 146 Å². The summed E-state index contributed by atoms with van der Waals surface area (Å²) < 4.78 is 7.78. The van der Waals surface area contributed by atoms with E-state index in [0.717, 1.165) is 70.5 Å². The van der Waals surface area contributed by atoms with E-state index in [2.05, 4.69) is 54.6 Å². The van der Waals surface area contributed by atoms with Crippen molar-refractivity contribution in [3.8, 4) is 55.9 Å². The lowest BCUT2D eigenvalue weighted by atomic mass is 9.98. The molecule has 0 aliphatic carbocycles. The minimum absolute atomic E-state index is 0.568. The van der Waals surface area contributed by atoms with Crippen LogP contribution in [0.3, 0.4) is 0 Å². The molecule has 0 atom stereocenters. The summed E-state index contributed by atoms with van der Waals surface area (Å²) >= 11 is 1.71. The predicted molar refractivity (Wildman–Crippen MR) is 187 cm³/mol. The number of benzene rings is 6. The van der Waals surface area contributed by atoms with Crippen molar-refractivity contribution in [1.82, 2.24) is 19.9 Å². The molecule has 3 heterocycles. The summed E-state index contributed by atoms with van der Waals surface area (Å²) in [5, 5.41) is 3.10. The Morgan fingerprint density at radius 2 is 1.07 bits per heavy atom. The molecule has 0 radical (unpaired) electrons. The highest BCUT2D eigenvalue weighted by molar-refractivity contribution is 7.21. The van der Waals surface area contributed by atoms with Gasteiger partial charge in [0.05, 0.1) is 15.8 Å². The van der Waals surface area contributed by atoms with E-state index in [-0.39, 0.29) is 0 Å². The van der Waals surface area contributed by atoms with Gasteiger partial charge in [0.25, 0.3) is 0 Å².